The average molecular weight is 385 g/mol. The third-order valence-electron chi connectivity index (χ3n) is 5.79. The van der Waals surface area contributed by atoms with Crippen molar-refractivity contribution < 1.29 is 13.6 Å². The highest BCUT2D eigenvalue weighted by molar-refractivity contribution is 6.74. The first-order valence-corrected chi connectivity index (χ1v) is 12.3. The van der Waals surface area contributed by atoms with Crippen LogP contribution in [0.2, 0.25) is 18.1 Å². The normalized spacial score (nSPS) is 16.8. The van der Waals surface area contributed by atoms with E-state index in [9.17, 15) is 5.26 Å². The minimum absolute atomic E-state index is 0.207. The van der Waals surface area contributed by atoms with Gasteiger partial charge >= 0.3 is 0 Å². The number of ether oxygens (including phenoxy) is 1. The Hall–Kier alpha value is -2.10. The van der Waals surface area contributed by atoms with Gasteiger partial charge < -0.3 is 13.6 Å². The number of hydrogen-bond acceptors (Lipinski definition) is 5. The summed E-state index contributed by atoms with van der Waals surface area (Å²) >= 11 is 0. The molecule has 5 nitrogen and oxygen atoms in total. The van der Waals surface area contributed by atoms with Gasteiger partial charge in [-0.2, -0.15) is 5.26 Å². The predicted octanol–water partition coefficient (Wildman–Crippen LogP) is 4.86. The van der Waals surface area contributed by atoms with Gasteiger partial charge in [0.05, 0.1) is 11.6 Å². The topological polar surface area (TPSA) is 68.3 Å². The zero-order valence-corrected chi connectivity index (χ0v) is 17.8. The lowest BCUT2D eigenvalue weighted by Crippen LogP contribution is -2.42. The molecule has 1 aliphatic rings. The van der Waals surface area contributed by atoms with E-state index in [0.29, 0.717) is 23.8 Å². The second-order valence-electron chi connectivity index (χ2n) is 8.83. The number of oxazole rings is 1. The van der Waals surface area contributed by atoms with Gasteiger partial charge in [0.15, 0.2) is 14.7 Å². The molecule has 1 atom stereocenters. The molecule has 6 heteroatoms. The summed E-state index contributed by atoms with van der Waals surface area (Å²) in [7, 11) is -1.76. The largest absolute Gasteiger partial charge is 0.487 e. The highest BCUT2D eigenvalue weighted by Crippen LogP contribution is 2.38. The van der Waals surface area contributed by atoms with E-state index in [0.717, 1.165) is 30.7 Å². The molecule has 1 unspecified atom stereocenters. The Morgan fingerprint density at radius 1 is 1.30 bits per heavy atom. The standard InChI is InChI=1S/C21H28N2O3Si/c1-21(2,3)27(4,5)26-11-15-6-16-8-19(9-17(10-22)20(16)7-15)25-13-18-12-24-14-23-18/h8-9,12,14-15H,6-7,11,13H2,1-5H3. The number of aromatic nitrogens is 1. The van der Waals surface area contributed by atoms with Crippen molar-refractivity contribution >= 4 is 8.32 Å². The molecule has 0 aliphatic heterocycles. The average Bonchev–Trinajstić information content (AvgIpc) is 3.25. The molecule has 0 saturated heterocycles. The fourth-order valence-corrected chi connectivity index (χ4v) is 4.19. The molecule has 0 spiro atoms. The Balaban J connectivity index is 1.68. The van der Waals surface area contributed by atoms with Crippen molar-refractivity contribution in [1.82, 2.24) is 4.98 Å². The molecule has 0 bridgehead atoms. The van der Waals surface area contributed by atoms with Crippen LogP contribution in [0.15, 0.2) is 29.2 Å². The smallest absolute Gasteiger partial charge is 0.191 e. The fourth-order valence-electron chi connectivity index (χ4n) is 3.11. The summed E-state index contributed by atoms with van der Waals surface area (Å²) in [5.74, 6) is 1.13. The number of nitriles is 1. The molecule has 1 aromatic heterocycles. The first-order valence-electron chi connectivity index (χ1n) is 9.39. The SMILES string of the molecule is CC(C)(C)[Si](C)(C)OCC1Cc2cc(OCc3cocn3)cc(C#N)c2C1. The van der Waals surface area contributed by atoms with Crippen molar-refractivity contribution in [1.29, 1.82) is 5.26 Å². The Morgan fingerprint density at radius 3 is 2.70 bits per heavy atom. The highest BCUT2D eigenvalue weighted by atomic mass is 28.4. The van der Waals surface area contributed by atoms with Gasteiger partial charge in [-0.25, -0.2) is 4.98 Å². The van der Waals surface area contributed by atoms with Crippen LogP contribution in [0.25, 0.3) is 0 Å². The molecule has 1 aliphatic carbocycles. The number of nitrogens with zero attached hydrogens (tertiary/aromatic N) is 2. The van der Waals surface area contributed by atoms with Crippen LogP contribution in [0.4, 0.5) is 0 Å². The lowest BCUT2D eigenvalue weighted by molar-refractivity contribution is 0.232. The minimum Gasteiger partial charge on any atom is -0.487 e. The van der Waals surface area contributed by atoms with Crippen LogP contribution in [-0.2, 0) is 23.9 Å². The predicted molar refractivity (Wildman–Crippen MR) is 106 cm³/mol. The molecule has 0 radical (unpaired) electrons. The summed E-state index contributed by atoms with van der Waals surface area (Å²) in [4.78, 5) is 4.06. The van der Waals surface area contributed by atoms with Crippen LogP contribution in [0, 0.1) is 17.2 Å². The monoisotopic (exact) mass is 384 g/mol. The Morgan fingerprint density at radius 2 is 2.07 bits per heavy atom. The third kappa shape index (κ3) is 4.42. The summed E-state index contributed by atoms with van der Waals surface area (Å²) in [6.07, 6.45) is 4.78. The molecule has 27 heavy (non-hydrogen) atoms. The van der Waals surface area contributed by atoms with Gasteiger partial charge in [0.2, 0.25) is 0 Å². The third-order valence-corrected chi connectivity index (χ3v) is 10.3. The second-order valence-corrected chi connectivity index (χ2v) is 13.6. The van der Waals surface area contributed by atoms with Gasteiger partial charge in [0.1, 0.15) is 24.3 Å². The van der Waals surface area contributed by atoms with E-state index >= 15 is 0 Å². The van der Waals surface area contributed by atoms with Gasteiger partial charge in [0, 0.05) is 6.61 Å². The Labute approximate surface area is 162 Å². The first-order chi connectivity index (χ1) is 12.7. The Kier molecular flexibility index (Phi) is 5.45. The van der Waals surface area contributed by atoms with E-state index in [1.54, 1.807) is 6.26 Å². The van der Waals surface area contributed by atoms with E-state index < -0.39 is 8.32 Å². The summed E-state index contributed by atoms with van der Waals surface area (Å²) in [5, 5.41) is 9.78. The number of fused-ring (bicyclic) bond motifs is 1. The molecule has 1 heterocycles. The van der Waals surface area contributed by atoms with E-state index in [-0.39, 0.29) is 5.04 Å². The molecule has 0 amide bonds. The van der Waals surface area contributed by atoms with Crippen LogP contribution >= 0.6 is 0 Å². The maximum Gasteiger partial charge on any atom is 0.191 e. The molecule has 0 saturated carbocycles. The molecular formula is C21H28N2O3Si. The van der Waals surface area contributed by atoms with E-state index in [1.807, 2.05) is 6.07 Å². The van der Waals surface area contributed by atoms with Crippen LogP contribution in [0.1, 0.15) is 43.2 Å². The summed E-state index contributed by atoms with van der Waals surface area (Å²) in [6, 6.07) is 6.22. The molecular weight excluding hydrogens is 356 g/mol. The zero-order chi connectivity index (χ0) is 19.7. The van der Waals surface area contributed by atoms with Crippen LogP contribution in [0.5, 0.6) is 5.75 Å². The summed E-state index contributed by atoms with van der Waals surface area (Å²) < 4.78 is 17.2. The lowest BCUT2D eigenvalue weighted by atomic mass is 10.0. The van der Waals surface area contributed by atoms with Crippen molar-refractivity contribution in [2.45, 2.75) is 58.4 Å². The molecule has 3 rings (SSSR count). The van der Waals surface area contributed by atoms with E-state index in [1.165, 1.54) is 12.0 Å². The van der Waals surface area contributed by atoms with Crippen molar-refractivity contribution in [2.75, 3.05) is 6.61 Å². The van der Waals surface area contributed by atoms with Crippen molar-refractivity contribution in [2.24, 2.45) is 5.92 Å². The van der Waals surface area contributed by atoms with E-state index in [2.05, 4.69) is 51.0 Å². The maximum absolute atomic E-state index is 9.57. The quantitative estimate of drug-likeness (QED) is 0.665. The Bertz CT molecular complexity index is 832. The molecule has 144 valence electrons. The molecule has 0 fully saturated rings. The van der Waals surface area contributed by atoms with Crippen LogP contribution in [0.3, 0.4) is 0 Å². The number of hydrogen-bond donors (Lipinski definition) is 0. The van der Waals surface area contributed by atoms with Gasteiger partial charge in [-0.05, 0) is 60.2 Å². The van der Waals surface area contributed by atoms with Gasteiger partial charge in [-0.15, -0.1) is 0 Å². The van der Waals surface area contributed by atoms with Crippen molar-refractivity contribution in [3.05, 3.63) is 47.2 Å². The molecule has 0 N–H and O–H groups in total. The minimum atomic E-state index is -1.76. The second kappa shape index (κ2) is 7.49. The van der Waals surface area contributed by atoms with Crippen LogP contribution in [-0.4, -0.2) is 19.9 Å². The van der Waals surface area contributed by atoms with E-state index in [4.69, 9.17) is 13.6 Å². The summed E-state index contributed by atoms with van der Waals surface area (Å²) in [5.41, 5.74) is 3.79. The summed E-state index contributed by atoms with van der Waals surface area (Å²) in [6.45, 7) is 12.4. The maximum atomic E-state index is 9.57. The van der Waals surface area contributed by atoms with Gasteiger partial charge in [-0.3, -0.25) is 0 Å². The fraction of sp³-hybridized carbons (Fsp3) is 0.524. The number of rotatable bonds is 6. The van der Waals surface area contributed by atoms with Gasteiger partial charge in [0.25, 0.3) is 0 Å². The molecule has 2 aromatic rings. The van der Waals surface area contributed by atoms with Crippen molar-refractivity contribution in [3.63, 3.8) is 0 Å². The first kappa shape index (κ1) is 19.7. The lowest BCUT2D eigenvalue weighted by Gasteiger charge is -2.37. The highest BCUT2D eigenvalue weighted by Gasteiger charge is 2.38. The van der Waals surface area contributed by atoms with Gasteiger partial charge in [-0.1, -0.05) is 20.8 Å². The molecule has 1 aromatic carbocycles. The zero-order valence-electron chi connectivity index (χ0n) is 16.8. The number of benzene rings is 1. The van der Waals surface area contributed by atoms with Crippen molar-refractivity contribution in [3.8, 4) is 11.8 Å². The van der Waals surface area contributed by atoms with Crippen LogP contribution < -0.4 is 4.74 Å².